The first-order valence-corrected chi connectivity index (χ1v) is 8.81. The minimum absolute atomic E-state index is 0.185. The summed E-state index contributed by atoms with van der Waals surface area (Å²) in [5.41, 5.74) is 1.67. The Morgan fingerprint density at radius 2 is 2.04 bits per heavy atom. The molecule has 148 valence electrons. The van der Waals surface area contributed by atoms with Gasteiger partial charge in [-0.1, -0.05) is 11.2 Å². The molecule has 0 radical (unpaired) electrons. The number of benzene rings is 2. The van der Waals surface area contributed by atoms with Gasteiger partial charge in [0, 0.05) is 12.1 Å². The van der Waals surface area contributed by atoms with Crippen molar-refractivity contribution in [3.63, 3.8) is 0 Å². The molecule has 0 aliphatic carbocycles. The van der Waals surface area contributed by atoms with E-state index in [1.807, 2.05) is 31.2 Å². The van der Waals surface area contributed by atoms with Crippen LogP contribution in [0.4, 0.5) is 0 Å². The molecule has 2 aromatic carbocycles. The maximum Gasteiger partial charge on any atom is 0.261 e. The molecule has 0 aromatic heterocycles. The van der Waals surface area contributed by atoms with Gasteiger partial charge < -0.3 is 29.1 Å². The lowest BCUT2D eigenvalue weighted by atomic mass is 10.2. The molecule has 0 saturated heterocycles. The summed E-state index contributed by atoms with van der Waals surface area (Å²) in [5, 5.41) is 6.57. The van der Waals surface area contributed by atoms with Gasteiger partial charge in [-0.25, -0.2) is 0 Å². The summed E-state index contributed by atoms with van der Waals surface area (Å²) in [6.45, 7) is 2.85. The first-order valence-electron chi connectivity index (χ1n) is 8.81. The van der Waals surface area contributed by atoms with Gasteiger partial charge in [0.05, 0.1) is 19.9 Å². The van der Waals surface area contributed by atoms with Crippen LogP contribution in [0.15, 0.2) is 41.6 Å². The van der Waals surface area contributed by atoms with Crippen molar-refractivity contribution in [2.75, 3.05) is 27.1 Å². The van der Waals surface area contributed by atoms with Crippen LogP contribution in [0.2, 0.25) is 0 Å². The largest absolute Gasteiger partial charge is 0.493 e. The van der Waals surface area contributed by atoms with Gasteiger partial charge in [-0.15, -0.1) is 0 Å². The lowest BCUT2D eigenvalue weighted by Gasteiger charge is -2.09. The van der Waals surface area contributed by atoms with Crippen molar-refractivity contribution in [2.24, 2.45) is 5.16 Å². The predicted octanol–water partition coefficient (Wildman–Crippen LogP) is 2.49. The Hall–Kier alpha value is -3.42. The van der Waals surface area contributed by atoms with Crippen LogP contribution in [0.1, 0.15) is 18.1 Å². The Labute approximate surface area is 163 Å². The number of carbonyl (C=O) groups excluding carboxylic acids is 1. The molecule has 1 amide bonds. The van der Waals surface area contributed by atoms with Gasteiger partial charge in [0.1, 0.15) is 0 Å². The molecule has 3 rings (SSSR count). The van der Waals surface area contributed by atoms with Crippen molar-refractivity contribution >= 4 is 12.1 Å². The Morgan fingerprint density at radius 3 is 2.86 bits per heavy atom. The van der Waals surface area contributed by atoms with Crippen molar-refractivity contribution < 1.29 is 28.6 Å². The molecule has 0 bridgehead atoms. The Morgan fingerprint density at radius 1 is 1.18 bits per heavy atom. The van der Waals surface area contributed by atoms with Crippen LogP contribution in [0, 0.1) is 0 Å². The molecule has 8 nitrogen and oxygen atoms in total. The summed E-state index contributed by atoms with van der Waals surface area (Å²) in [6.07, 6.45) is 1.50. The van der Waals surface area contributed by atoms with Crippen molar-refractivity contribution in [2.45, 2.75) is 13.5 Å². The van der Waals surface area contributed by atoms with Gasteiger partial charge >= 0.3 is 0 Å². The monoisotopic (exact) mass is 386 g/mol. The highest BCUT2D eigenvalue weighted by atomic mass is 16.7. The minimum Gasteiger partial charge on any atom is -0.493 e. The van der Waals surface area contributed by atoms with Crippen molar-refractivity contribution in [3.8, 4) is 23.0 Å². The van der Waals surface area contributed by atoms with Crippen molar-refractivity contribution in [1.29, 1.82) is 0 Å². The second-order valence-corrected chi connectivity index (χ2v) is 5.82. The quantitative estimate of drug-likeness (QED) is 0.526. The average molecular weight is 386 g/mol. The zero-order valence-corrected chi connectivity index (χ0v) is 15.8. The zero-order valence-electron chi connectivity index (χ0n) is 15.8. The standard InChI is InChI=1S/C20H22N2O6/c1-3-25-16-6-5-15(8-18(16)24-2)11-22-28-12-20(23)21-10-14-4-7-17-19(9-14)27-13-26-17/h4-9,11H,3,10,12-13H2,1-2H3,(H,21,23)/b22-11-. The van der Waals surface area contributed by atoms with Gasteiger partial charge in [0.25, 0.3) is 5.91 Å². The first kappa shape index (κ1) is 19.3. The highest BCUT2D eigenvalue weighted by molar-refractivity contribution is 5.81. The number of ether oxygens (including phenoxy) is 4. The summed E-state index contributed by atoms with van der Waals surface area (Å²) in [6, 6.07) is 10.9. The summed E-state index contributed by atoms with van der Waals surface area (Å²) in [4.78, 5) is 16.9. The third-order valence-electron chi connectivity index (χ3n) is 3.89. The smallest absolute Gasteiger partial charge is 0.261 e. The summed E-state index contributed by atoms with van der Waals surface area (Å²) in [7, 11) is 1.57. The predicted molar refractivity (Wildman–Crippen MR) is 102 cm³/mol. The van der Waals surface area contributed by atoms with Crippen LogP contribution < -0.4 is 24.3 Å². The first-order chi connectivity index (χ1) is 13.7. The van der Waals surface area contributed by atoms with Gasteiger partial charge in [-0.3, -0.25) is 4.79 Å². The average Bonchev–Trinajstić information content (AvgIpc) is 3.18. The molecule has 0 atom stereocenters. The number of hydrogen-bond donors (Lipinski definition) is 1. The number of rotatable bonds is 9. The molecule has 1 aliphatic rings. The lowest BCUT2D eigenvalue weighted by Crippen LogP contribution is -2.26. The van der Waals surface area contributed by atoms with Crippen LogP contribution >= 0.6 is 0 Å². The molecule has 0 unspecified atom stereocenters. The van der Waals surface area contributed by atoms with Gasteiger partial charge in [-0.05, 0) is 42.8 Å². The second kappa shape index (κ2) is 9.50. The number of fused-ring (bicyclic) bond motifs is 1. The molecule has 1 heterocycles. The molecule has 1 aliphatic heterocycles. The van der Waals surface area contributed by atoms with E-state index in [2.05, 4.69) is 10.5 Å². The molecular formula is C20H22N2O6. The molecule has 8 heteroatoms. The number of nitrogens with zero attached hydrogens (tertiary/aromatic N) is 1. The Balaban J connectivity index is 1.43. The lowest BCUT2D eigenvalue weighted by molar-refractivity contribution is -0.125. The molecule has 0 saturated carbocycles. The number of methoxy groups -OCH3 is 1. The van der Waals surface area contributed by atoms with Gasteiger partial charge in [0.2, 0.25) is 6.79 Å². The van der Waals surface area contributed by atoms with Crippen LogP contribution in [0.3, 0.4) is 0 Å². The van der Waals surface area contributed by atoms with E-state index in [1.54, 1.807) is 19.2 Å². The molecule has 1 N–H and O–H groups in total. The highest BCUT2D eigenvalue weighted by Crippen LogP contribution is 2.32. The minimum atomic E-state index is -0.279. The van der Waals surface area contributed by atoms with Crippen molar-refractivity contribution in [3.05, 3.63) is 47.5 Å². The van der Waals surface area contributed by atoms with E-state index in [0.717, 1.165) is 11.1 Å². The number of oxime groups is 1. The molecule has 2 aromatic rings. The van der Waals surface area contributed by atoms with E-state index in [9.17, 15) is 4.79 Å². The SMILES string of the molecule is CCOc1ccc(/C=N\OCC(=O)NCc2ccc3c(c2)OCO3)cc1OC. The van der Waals surface area contributed by atoms with Crippen LogP contribution in [-0.4, -0.2) is 39.2 Å². The van der Waals surface area contributed by atoms with Crippen LogP contribution in [0.5, 0.6) is 23.0 Å². The van der Waals surface area contributed by atoms with E-state index in [4.69, 9.17) is 23.8 Å². The maximum absolute atomic E-state index is 11.9. The Kier molecular flexibility index (Phi) is 6.56. The third kappa shape index (κ3) is 5.06. The molecular weight excluding hydrogens is 364 g/mol. The molecule has 0 fully saturated rings. The van der Waals surface area contributed by atoms with E-state index in [0.29, 0.717) is 36.1 Å². The van der Waals surface area contributed by atoms with E-state index in [-0.39, 0.29) is 19.3 Å². The zero-order chi connectivity index (χ0) is 19.8. The number of amides is 1. The molecule has 28 heavy (non-hydrogen) atoms. The van der Waals surface area contributed by atoms with Crippen LogP contribution in [-0.2, 0) is 16.2 Å². The van der Waals surface area contributed by atoms with E-state index >= 15 is 0 Å². The fourth-order valence-electron chi connectivity index (χ4n) is 2.54. The van der Waals surface area contributed by atoms with Gasteiger partial charge in [-0.2, -0.15) is 0 Å². The summed E-state index contributed by atoms with van der Waals surface area (Å²) in [5.74, 6) is 2.37. The van der Waals surface area contributed by atoms with Gasteiger partial charge in [0.15, 0.2) is 29.6 Å². The normalized spacial score (nSPS) is 12.1. The maximum atomic E-state index is 11.9. The summed E-state index contributed by atoms with van der Waals surface area (Å²) < 4.78 is 21.3. The summed E-state index contributed by atoms with van der Waals surface area (Å²) >= 11 is 0. The fraction of sp³-hybridized carbons (Fsp3) is 0.300. The molecule has 0 spiro atoms. The number of carbonyl (C=O) groups is 1. The second-order valence-electron chi connectivity index (χ2n) is 5.82. The van der Waals surface area contributed by atoms with Crippen molar-refractivity contribution in [1.82, 2.24) is 5.32 Å². The van der Waals surface area contributed by atoms with E-state index in [1.165, 1.54) is 6.21 Å². The number of hydrogen-bond acceptors (Lipinski definition) is 7. The topological polar surface area (TPSA) is 87.6 Å². The fourth-order valence-corrected chi connectivity index (χ4v) is 2.54. The van der Waals surface area contributed by atoms with Crippen LogP contribution in [0.25, 0.3) is 0 Å². The highest BCUT2D eigenvalue weighted by Gasteiger charge is 2.13. The van der Waals surface area contributed by atoms with E-state index < -0.39 is 0 Å². The Bertz CT molecular complexity index is 853. The number of nitrogens with one attached hydrogen (secondary N) is 1. The third-order valence-corrected chi connectivity index (χ3v) is 3.89.